The summed E-state index contributed by atoms with van der Waals surface area (Å²) in [4.78, 5) is 18.8. The maximum Gasteiger partial charge on any atom is 0.337 e. The number of methoxy groups -OCH3 is 1. The molecule has 1 fully saturated rings. The normalized spacial score (nSPS) is 17.2. The second-order valence-corrected chi connectivity index (χ2v) is 9.42. The Kier molecular flexibility index (Phi) is 6.33. The number of anilines is 1. The number of ether oxygens (including phenoxy) is 1. The Hall–Kier alpha value is -3.97. The van der Waals surface area contributed by atoms with Crippen molar-refractivity contribution in [3.05, 3.63) is 113 Å². The van der Waals surface area contributed by atoms with Gasteiger partial charge in [0, 0.05) is 29.0 Å². The number of pyridine rings is 1. The van der Waals surface area contributed by atoms with Gasteiger partial charge in [-0.15, -0.1) is 0 Å². The van der Waals surface area contributed by atoms with E-state index in [1.807, 2.05) is 36.5 Å². The second kappa shape index (κ2) is 9.59. The van der Waals surface area contributed by atoms with Crippen LogP contribution in [0.4, 0.5) is 5.69 Å². The molecule has 182 valence electrons. The summed E-state index contributed by atoms with van der Waals surface area (Å²) in [6.07, 6.45) is 1.82. The number of aromatic nitrogens is 2. The number of carbonyl (C=O) groups is 1. The van der Waals surface area contributed by atoms with Gasteiger partial charge in [0.1, 0.15) is 0 Å². The van der Waals surface area contributed by atoms with Crippen molar-refractivity contribution in [1.29, 1.82) is 0 Å². The van der Waals surface area contributed by atoms with Crippen molar-refractivity contribution < 1.29 is 9.53 Å². The topological polar surface area (TPSA) is 59.4 Å². The minimum atomic E-state index is -0.347. The Balaban J connectivity index is 1.63. The minimum absolute atomic E-state index is 0.0940. The fourth-order valence-corrected chi connectivity index (χ4v) is 5.42. The molecule has 0 unspecified atom stereocenters. The average molecular weight is 497 g/mol. The van der Waals surface area contributed by atoms with Crippen LogP contribution in [-0.4, -0.2) is 27.7 Å². The van der Waals surface area contributed by atoms with E-state index in [1.165, 1.54) is 12.7 Å². The zero-order valence-electron chi connectivity index (χ0n) is 20.7. The quantitative estimate of drug-likeness (QED) is 0.280. The van der Waals surface area contributed by atoms with E-state index < -0.39 is 0 Å². The molecule has 3 heterocycles. The molecule has 1 aliphatic rings. The van der Waals surface area contributed by atoms with Crippen LogP contribution >= 0.6 is 12.2 Å². The molecule has 4 aromatic rings. The van der Waals surface area contributed by atoms with Crippen molar-refractivity contribution in [3.63, 3.8) is 0 Å². The summed E-state index contributed by atoms with van der Waals surface area (Å²) in [5.74, 6) is -0.347. The van der Waals surface area contributed by atoms with Gasteiger partial charge < -0.3 is 19.5 Å². The van der Waals surface area contributed by atoms with Gasteiger partial charge in [-0.2, -0.15) is 0 Å². The number of hydrogen-bond donors (Lipinski definition) is 1. The van der Waals surface area contributed by atoms with Crippen LogP contribution in [0.2, 0.25) is 0 Å². The van der Waals surface area contributed by atoms with Crippen LogP contribution in [0.15, 0.2) is 79.0 Å². The summed E-state index contributed by atoms with van der Waals surface area (Å²) < 4.78 is 7.06. The molecule has 1 N–H and O–H groups in total. The van der Waals surface area contributed by atoms with Gasteiger partial charge in [-0.05, 0) is 98.7 Å². The fraction of sp³-hybridized carbons (Fsp3) is 0.207. The smallest absolute Gasteiger partial charge is 0.337 e. The van der Waals surface area contributed by atoms with Crippen LogP contribution in [0.1, 0.15) is 50.7 Å². The number of aryl methyl sites for hydroxylation is 2. The number of hydrogen-bond acceptors (Lipinski definition) is 4. The third-order valence-corrected chi connectivity index (χ3v) is 7.03. The molecule has 36 heavy (non-hydrogen) atoms. The van der Waals surface area contributed by atoms with Crippen molar-refractivity contribution >= 4 is 29.0 Å². The van der Waals surface area contributed by atoms with Crippen molar-refractivity contribution in [1.82, 2.24) is 14.9 Å². The average Bonchev–Trinajstić information content (AvgIpc) is 3.39. The first-order valence-corrected chi connectivity index (χ1v) is 12.2. The SMILES string of the molecule is COC(=O)c1ccc(-n2c(C)cc([C@@H]3[C@H](c4ccccn4)NC(=S)N3c3cccc(C)c3)c2C)cc1. The van der Waals surface area contributed by atoms with E-state index in [-0.39, 0.29) is 18.1 Å². The Morgan fingerprint density at radius 2 is 1.75 bits per heavy atom. The van der Waals surface area contributed by atoms with Crippen molar-refractivity contribution in [2.45, 2.75) is 32.9 Å². The highest BCUT2D eigenvalue weighted by Gasteiger charge is 2.42. The van der Waals surface area contributed by atoms with Gasteiger partial charge >= 0.3 is 5.97 Å². The third kappa shape index (κ3) is 4.16. The van der Waals surface area contributed by atoms with Crippen LogP contribution in [0.5, 0.6) is 0 Å². The van der Waals surface area contributed by atoms with Crippen LogP contribution in [-0.2, 0) is 4.74 Å². The van der Waals surface area contributed by atoms with E-state index in [4.69, 9.17) is 17.0 Å². The molecule has 2 aromatic heterocycles. The van der Waals surface area contributed by atoms with Gasteiger partial charge in [0.05, 0.1) is 30.5 Å². The molecule has 0 aliphatic carbocycles. The first-order valence-electron chi connectivity index (χ1n) is 11.8. The summed E-state index contributed by atoms with van der Waals surface area (Å²) >= 11 is 5.88. The highest BCUT2D eigenvalue weighted by atomic mass is 32.1. The number of carbonyl (C=O) groups excluding carboxylic acids is 1. The summed E-state index contributed by atoms with van der Waals surface area (Å²) in [6, 6.07) is 23.9. The molecule has 2 aromatic carbocycles. The highest BCUT2D eigenvalue weighted by Crippen LogP contribution is 2.43. The lowest BCUT2D eigenvalue weighted by molar-refractivity contribution is 0.0600. The molecular weight excluding hydrogens is 468 g/mol. The zero-order chi connectivity index (χ0) is 25.4. The molecule has 0 radical (unpaired) electrons. The molecule has 7 heteroatoms. The predicted octanol–water partition coefficient (Wildman–Crippen LogP) is 5.76. The first kappa shape index (κ1) is 23.8. The molecule has 0 spiro atoms. The molecular formula is C29H28N4O2S. The number of nitrogens with zero attached hydrogens (tertiary/aromatic N) is 3. The molecule has 5 rings (SSSR count). The van der Waals surface area contributed by atoms with Gasteiger partial charge in [0.15, 0.2) is 5.11 Å². The largest absolute Gasteiger partial charge is 0.465 e. The Labute approximate surface area is 216 Å². The second-order valence-electron chi connectivity index (χ2n) is 9.04. The van der Waals surface area contributed by atoms with Gasteiger partial charge in [0.2, 0.25) is 0 Å². The zero-order valence-corrected chi connectivity index (χ0v) is 21.5. The lowest BCUT2D eigenvalue weighted by atomic mass is 9.96. The van der Waals surface area contributed by atoms with Crippen LogP contribution in [0, 0.1) is 20.8 Å². The van der Waals surface area contributed by atoms with E-state index in [0.29, 0.717) is 10.7 Å². The number of benzene rings is 2. The van der Waals surface area contributed by atoms with E-state index in [0.717, 1.165) is 34.0 Å². The van der Waals surface area contributed by atoms with E-state index in [2.05, 4.69) is 70.9 Å². The standard InChI is InChI=1S/C29H28N4O2S/c1-18-8-7-9-23(16-18)33-27(26(31-29(33)36)25-10-5-6-15-30-25)24-17-19(2)32(20(24)3)22-13-11-21(12-14-22)28(34)35-4/h5-17,26-27H,1-4H3,(H,31,36)/t26-,27+/m0/s1. The maximum absolute atomic E-state index is 11.9. The Morgan fingerprint density at radius 1 is 0.972 bits per heavy atom. The summed E-state index contributed by atoms with van der Waals surface area (Å²) in [6.45, 7) is 6.31. The van der Waals surface area contributed by atoms with E-state index in [9.17, 15) is 4.79 Å². The van der Waals surface area contributed by atoms with E-state index >= 15 is 0 Å². The fourth-order valence-electron chi connectivity index (χ4n) is 5.08. The Bertz CT molecular complexity index is 1430. The molecule has 0 bridgehead atoms. The van der Waals surface area contributed by atoms with Crippen LogP contribution < -0.4 is 10.2 Å². The van der Waals surface area contributed by atoms with Gasteiger partial charge in [-0.1, -0.05) is 18.2 Å². The monoisotopic (exact) mass is 496 g/mol. The van der Waals surface area contributed by atoms with E-state index in [1.54, 1.807) is 12.1 Å². The maximum atomic E-state index is 11.9. The molecule has 1 saturated heterocycles. The minimum Gasteiger partial charge on any atom is -0.465 e. The molecule has 0 amide bonds. The van der Waals surface area contributed by atoms with Gasteiger partial charge in [-0.3, -0.25) is 4.98 Å². The van der Waals surface area contributed by atoms with Crippen molar-refractivity contribution in [3.8, 4) is 5.69 Å². The third-order valence-electron chi connectivity index (χ3n) is 6.71. The number of esters is 1. The summed E-state index contributed by atoms with van der Waals surface area (Å²) in [5.41, 5.74) is 8.02. The van der Waals surface area contributed by atoms with Gasteiger partial charge in [0.25, 0.3) is 0 Å². The first-order chi connectivity index (χ1) is 17.4. The van der Waals surface area contributed by atoms with Crippen LogP contribution in [0.3, 0.4) is 0 Å². The predicted molar refractivity (Wildman–Crippen MR) is 146 cm³/mol. The molecule has 0 saturated carbocycles. The lowest BCUT2D eigenvalue weighted by Gasteiger charge is -2.28. The molecule has 2 atom stereocenters. The molecule has 6 nitrogen and oxygen atoms in total. The highest BCUT2D eigenvalue weighted by molar-refractivity contribution is 7.80. The number of thiocarbonyl (C=S) groups is 1. The number of rotatable bonds is 5. The van der Waals surface area contributed by atoms with Crippen molar-refractivity contribution in [2.75, 3.05) is 12.0 Å². The Morgan fingerprint density at radius 3 is 2.42 bits per heavy atom. The number of nitrogens with one attached hydrogen (secondary N) is 1. The lowest BCUT2D eigenvalue weighted by Crippen LogP contribution is -2.29. The van der Waals surface area contributed by atoms with Gasteiger partial charge in [-0.25, -0.2) is 4.79 Å². The molecule has 1 aliphatic heterocycles. The van der Waals surface area contributed by atoms with Crippen LogP contribution in [0.25, 0.3) is 5.69 Å². The summed E-state index contributed by atoms with van der Waals surface area (Å²) in [5, 5.41) is 4.22. The van der Waals surface area contributed by atoms with Crippen molar-refractivity contribution in [2.24, 2.45) is 0 Å². The summed E-state index contributed by atoms with van der Waals surface area (Å²) in [7, 11) is 1.39.